The lowest BCUT2D eigenvalue weighted by Gasteiger charge is -2.28. The Kier molecular flexibility index (Phi) is 4.16. The van der Waals surface area contributed by atoms with Crippen LogP contribution in [-0.2, 0) is 14.4 Å². The minimum absolute atomic E-state index is 0.221. The molecule has 5 nitrogen and oxygen atoms in total. The molecule has 1 heterocycles. The molecule has 2 aliphatic rings. The van der Waals surface area contributed by atoms with Crippen molar-refractivity contribution in [2.24, 2.45) is 23.7 Å². The molecule has 4 atom stereocenters. The highest BCUT2D eigenvalue weighted by Crippen LogP contribution is 2.45. The first-order valence-electron chi connectivity index (χ1n) is 7.52. The van der Waals surface area contributed by atoms with Crippen LogP contribution in [-0.4, -0.2) is 33.8 Å². The summed E-state index contributed by atoms with van der Waals surface area (Å²) in [5.74, 6) is -1.95. The number of carbonyl (C=O) groups is 3. The maximum absolute atomic E-state index is 12.5. The molecular weight excluding hydrogens is 258 g/mol. The summed E-state index contributed by atoms with van der Waals surface area (Å²) in [6.45, 7) is 5.72. The molecular formula is C15H23NO4. The van der Waals surface area contributed by atoms with Crippen LogP contribution < -0.4 is 0 Å². The lowest BCUT2D eigenvalue weighted by molar-refractivity contribution is -0.157. The summed E-state index contributed by atoms with van der Waals surface area (Å²) < 4.78 is 0. The molecule has 0 bridgehead atoms. The van der Waals surface area contributed by atoms with Crippen molar-refractivity contribution in [3.63, 3.8) is 0 Å². The monoisotopic (exact) mass is 281 g/mol. The summed E-state index contributed by atoms with van der Waals surface area (Å²) in [4.78, 5) is 37.5. The van der Waals surface area contributed by atoms with Gasteiger partial charge in [0.05, 0.1) is 11.8 Å². The molecule has 2 fully saturated rings. The Labute approximate surface area is 119 Å². The smallest absolute Gasteiger partial charge is 0.327 e. The van der Waals surface area contributed by atoms with Gasteiger partial charge in [0.15, 0.2) is 0 Å². The van der Waals surface area contributed by atoms with Crippen molar-refractivity contribution in [2.75, 3.05) is 0 Å². The largest absolute Gasteiger partial charge is 0.480 e. The van der Waals surface area contributed by atoms with E-state index in [0.29, 0.717) is 12.3 Å². The molecule has 0 aromatic heterocycles. The Morgan fingerprint density at radius 2 is 1.75 bits per heavy atom. The van der Waals surface area contributed by atoms with Crippen LogP contribution in [0.2, 0.25) is 0 Å². The number of rotatable bonds is 5. The number of carboxylic acids is 1. The van der Waals surface area contributed by atoms with Gasteiger partial charge in [-0.3, -0.25) is 14.5 Å². The second kappa shape index (κ2) is 5.54. The first-order chi connectivity index (χ1) is 9.42. The van der Waals surface area contributed by atoms with Gasteiger partial charge >= 0.3 is 5.97 Å². The Balaban J connectivity index is 2.25. The van der Waals surface area contributed by atoms with Gasteiger partial charge in [-0.1, -0.05) is 33.6 Å². The molecule has 5 heteroatoms. The molecule has 4 unspecified atom stereocenters. The summed E-state index contributed by atoms with van der Waals surface area (Å²) in [5.41, 5.74) is 0. The Morgan fingerprint density at radius 3 is 2.10 bits per heavy atom. The normalized spacial score (nSPS) is 32.4. The average Bonchev–Trinajstić information content (AvgIpc) is 2.93. The number of hydrogen-bond donors (Lipinski definition) is 1. The molecule has 1 aliphatic carbocycles. The predicted octanol–water partition coefficient (Wildman–Crippen LogP) is 1.91. The van der Waals surface area contributed by atoms with Gasteiger partial charge in [-0.25, -0.2) is 4.79 Å². The van der Waals surface area contributed by atoms with Crippen LogP contribution in [0.15, 0.2) is 0 Å². The van der Waals surface area contributed by atoms with Crippen molar-refractivity contribution >= 4 is 17.8 Å². The minimum Gasteiger partial charge on any atom is -0.480 e. The predicted molar refractivity (Wildman–Crippen MR) is 72.7 cm³/mol. The van der Waals surface area contributed by atoms with Crippen LogP contribution in [0, 0.1) is 23.7 Å². The van der Waals surface area contributed by atoms with Crippen molar-refractivity contribution in [3.05, 3.63) is 0 Å². The number of carboxylic acid groups (broad SMARTS) is 1. The molecule has 0 aromatic carbocycles. The van der Waals surface area contributed by atoms with E-state index in [2.05, 4.69) is 6.92 Å². The molecule has 1 saturated heterocycles. The molecule has 1 saturated carbocycles. The van der Waals surface area contributed by atoms with Crippen LogP contribution in [0.4, 0.5) is 0 Å². The zero-order chi connectivity index (χ0) is 15.0. The van der Waals surface area contributed by atoms with Crippen LogP contribution in [0.3, 0.4) is 0 Å². The fourth-order valence-electron chi connectivity index (χ4n) is 3.59. The van der Waals surface area contributed by atoms with Gasteiger partial charge in [0.1, 0.15) is 6.04 Å². The summed E-state index contributed by atoms with van der Waals surface area (Å²) in [6, 6.07) is -1.01. The lowest BCUT2D eigenvalue weighted by Crippen LogP contribution is -2.49. The highest BCUT2D eigenvalue weighted by Gasteiger charge is 2.55. The van der Waals surface area contributed by atoms with Crippen LogP contribution in [0.25, 0.3) is 0 Å². The first-order valence-corrected chi connectivity index (χ1v) is 7.52. The number of amides is 2. The molecule has 1 aliphatic heterocycles. The van der Waals surface area contributed by atoms with Gasteiger partial charge in [-0.2, -0.15) is 0 Å². The average molecular weight is 281 g/mol. The number of aliphatic carboxylic acids is 1. The van der Waals surface area contributed by atoms with Gasteiger partial charge in [-0.15, -0.1) is 0 Å². The second-order valence-electron chi connectivity index (χ2n) is 6.17. The van der Waals surface area contributed by atoms with Crippen LogP contribution >= 0.6 is 0 Å². The van der Waals surface area contributed by atoms with Crippen LogP contribution in [0.5, 0.6) is 0 Å². The van der Waals surface area contributed by atoms with Crippen molar-refractivity contribution in [3.8, 4) is 0 Å². The van der Waals surface area contributed by atoms with Crippen molar-refractivity contribution in [1.29, 1.82) is 0 Å². The lowest BCUT2D eigenvalue weighted by atomic mass is 9.96. The van der Waals surface area contributed by atoms with Gasteiger partial charge in [0.2, 0.25) is 11.8 Å². The zero-order valence-corrected chi connectivity index (χ0v) is 12.3. The topological polar surface area (TPSA) is 74.7 Å². The van der Waals surface area contributed by atoms with E-state index < -0.39 is 12.0 Å². The molecule has 20 heavy (non-hydrogen) atoms. The molecule has 0 radical (unpaired) electrons. The molecule has 0 aromatic rings. The highest BCUT2D eigenvalue weighted by atomic mass is 16.4. The standard InChI is InChI=1S/C15H23NO4/c1-4-8(3)12(15(19)20)16-13(17)10-6-9(5-2)7-11(10)14(16)18/h8-12H,4-7H2,1-3H3,(H,19,20). The van der Waals surface area contributed by atoms with Gasteiger partial charge in [-0.05, 0) is 24.7 Å². The summed E-state index contributed by atoms with van der Waals surface area (Å²) >= 11 is 0. The summed E-state index contributed by atoms with van der Waals surface area (Å²) in [6.07, 6.45) is 3.06. The zero-order valence-electron chi connectivity index (χ0n) is 12.3. The van der Waals surface area contributed by atoms with E-state index in [9.17, 15) is 19.5 Å². The summed E-state index contributed by atoms with van der Waals surface area (Å²) in [5, 5.41) is 9.39. The third-order valence-corrected chi connectivity index (χ3v) is 5.06. The fourth-order valence-corrected chi connectivity index (χ4v) is 3.59. The number of carbonyl (C=O) groups excluding carboxylic acids is 2. The van der Waals surface area contributed by atoms with Gasteiger partial charge in [0.25, 0.3) is 0 Å². The van der Waals surface area contributed by atoms with E-state index in [1.165, 1.54) is 0 Å². The van der Waals surface area contributed by atoms with Crippen LogP contribution in [0.1, 0.15) is 46.5 Å². The van der Waals surface area contributed by atoms with E-state index in [1.807, 2.05) is 6.92 Å². The first kappa shape index (κ1) is 15.0. The third kappa shape index (κ3) is 2.23. The number of likely N-dealkylation sites (tertiary alicyclic amines) is 1. The number of hydrogen-bond acceptors (Lipinski definition) is 3. The summed E-state index contributed by atoms with van der Waals surface area (Å²) in [7, 11) is 0. The number of imide groups is 1. The molecule has 2 amide bonds. The Hall–Kier alpha value is -1.39. The Bertz CT molecular complexity index is 410. The van der Waals surface area contributed by atoms with E-state index in [-0.39, 0.29) is 29.6 Å². The molecule has 2 rings (SSSR count). The van der Waals surface area contributed by atoms with E-state index in [4.69, 9.17) is 0 Å². The fraction of sp³-hybridized carbons (Fsp3) is 0.800. The van der Waals surface area contributed by atoms with Gasteiger partial charge in [0, 0.05) is 0 Å². The second-order valence-corrected chi connectivity index (χ2v) is 6.17. The van der Waals surface area contributed by atoms with E-state index in [0.717, 1.165) is 24.2 Å². The van der Waals surface area contributed by atoms with Crippen molar-refractivity contribution in [2.45, 2.75) is 52.5 Å². The number of fused-ring (bicyclic) bond motifs is 1. The molecule has 1 N–H and O–H groups in total. The minimum atomic E-state index is -1.08. The quantitative estimate of drug-likeness (QED) is 0.781. The van der Waals surface area contributed by atoms with Crippen molar-refractivity contribution in [1.82, 2.24) is 4.90 Å². The molecule has 112 valence electrons. The van der Waals surface area contributed by atoms with E-state index in [1.54, 1.807) is 6.92 Å². The molecule has 0 spiro atoms. The highest BCUT2D eigenvalue weighted by molar-refractivity contribution is 6.08. The SMILES string of the molecule is CCC1CC2C(=O)N(C(C(=O)O)C(C)CC)C(=O)C2C1. The van der Waals surface area contributed by atoms with E-state index >= 15 is 0 Å². The van der Waals surface area contributed by atoms with Gasteiger partial charge < -0.3 is 5.11 Å². The number of nitrogens with zero attached hydrogens (tertiary/aromatic N) is 1. The third-order valence-electron chi connectivity index (χ3n) is 5.06. The maximum Gasteiger partial charge on any atom is 0.327 e. The Morgan fingerprint density at radius 1 is 1.25 bits per heavy atom. The maximum atomic E-state index is 12.5. The van der Waals surface area contributed by atoms with Crippen molar-refractivity contribution < 1.29 is 19.5 Å².